The molecule has 0 heterocycles. The van der Waals surface area contributed by atoms with E-state index in [1.807, 2.05) is 0 Å². The SMILES string of the molecule is O=C1C=C(O)C2=CC(O)CC=C12. The summed E-state index contributed by atoms with van der Waals surface area (Å²) in [6, 6.07) is 0. The lowest BCUT2D eigenvalue weighted by molar-refractivity contribution is -0.110. The molecule has 0 radical (unpaired) electrons. The van der Waals surface area contributed by atoms with Gasteiger partial charge in [-0.15, -0.1) is 0 Å². The molecule has 3 heteroatoms. The maximum atomic E-state index is 11.1. The number of aliphatic hydroxyl groups is 2. The van der Waals surface area contributed by atoms with Crippen LogP contribution in [-0.4, -0.2) is 22.1 Å². The monoisotopic (exact) mass is 164 g/mol. The van der Waals surface area contributed by atoms with Gasteiger partial charge < -0.3 is 10.2 Å². The van der Waals surface area contributed by atoms with E-state index in [0.29, 0.717) is 17.6 Å². The average Bonchev–Trinajstić information content (AvgIpc) is 2.28. The molecule has 0 saturated heterocycles. The van der Waals surface area contributed by atoms with Gasteiger partial charge >= 0.3 is 0 Å². The Bertz CT molecular complexity index is 334. The Labute approximate surface area is 69.3 Å². The van der Waals surface area contributed by atoms with Crippen molar-refractivity contribution < 1.29 is 15.0 Å². The van der Waals surface area contributed by atoms with Crippen LogP contribution in [0.3, 0.4) is 0 Å². The molecule has 62 valence electrons. The van der Waals surface area contributed by atoms with Crippen molar-refractivity contribution >= 4 is 5.78 Å². The molecule has 0 aromatic heterocycles. The van der Waals surface area contributed by atoms with Crippen molar-refractivity contribution in [2.75, 3.05) is 0 Å². The van der Waals surface area contributed by atoms with Crippen molar-refractivity contribution in [3.05, 3.63) is 35.1 Å². The van der Waals surface area contributed by atoms with Gasteiger partial charge in [0.05, 0.1) is 6.10 Å². The van der Waals surface area contributed by atoms with Crippen molar-refractivity contribution in [3.63, 3.8) is 0 Å². The molecule has 3 nitrogen and oxygen atoms in total. The quantitative estimate of drug-likeness (QED) is 0.552. The fourth-order valence-electron chi connectivity index (χ4n) is 1.44. The third-order valence-electron chi connectivity index (χ3n) is 2.02. The second kappa shape index (κ2) is 2.32. The van der Waals surface area contributed by atoms with Crippen LogP contribution in [0, 0.1) is 0 Å². The van der Waals surface area contributed by atoms with Crippen LogP contribution in [0.5, 0.6) is 0 Å². The number of carbonyl (C=O) groups is 1. The molecule has 0 bridgehead atoms. The van der Waals surface area contributed by atoms with Gasteiger partial charge in [0, 0.05) is 17.2 Å². The van der Waals surface area contributed by atoms with Gasteiger partial charge in [-0.05, 0) is 12.5 Å². The minimum absolute atomic E-state index is 0.0370. The van der Waals surface area contributed by atoms with Crippen LogP contribution >= 0.6 is 0 Å². The minimum Gasteiger partial charge on any atom is -0.507 e. The lowest BCUT2D eigenvalue weighted by Crippen LogP contribution is -2.09. The molecule has 2 N–H and O–H groups in total. The molecule has 0 fully saturated rings. The molecule has 2 aliphatic rings. The maximum Gasteiger partial charge on any atom is 0.189 e. The highest BCUT2D eigenvalue weighted by molar-refractivity contribution is 6.12. The zero-order valence-electron chi connectivity index (χ0n) is 6.32. The molecule has 1 unspecified atom stereocenters. The van der Waals surface area contributed by atoms with Crippen LogP contribution in [0.15, 0.2) is 35.1 Å². The number of fused-ring (bicyclic) bond motifs is 1. The van der Waals surface area contributed by atoms with E-state index >= 15 is 0 Å². The lowest BCUT2D eigenvalue weighted by atomic mass is 9.97. The van der Waals surface area contributed by atoms with Crippen LogP contribution < -0.4 is 0 Å². The molecule has 0 aromatic carbocycles. The molecule has 12 heavy (non-hydrogen) atoms. The zero-order chi connectivity index (χ0) is 8.72. The summed E-state index contributed by atoms with van der Waals surface area (Å²) < 4.78 is 0. The molecule has 0 saturated carbocycles. The summed E-state index contributed by atoms with van der Waals surface area (Å²) >= 11 is 0. The number of ketones is 1. The van der Waals surface area contributed by atoms with E-state index in [2.05, 4.69) is 0 Å². The number of allylic oxidation sites excluding steroid dienone is 2. The topological polar surface area (TPSA) is 57.5 Å². The van der Waals surface area contributed by atoms with Crippen LogP contribution in [0.1, 0.15) is 6.42 Å². The molecule has 1 atom stereocenters. The summed E-state index contributed by atoms with van der Waals surface area (Å²) in [6.45, 7) is 0. The summed E-state index contributed by atoms with van der Waals surface area (Å²) in [7, 11) is 0. The van der Waals surface area contributed by atoms with E-state index in [9.17, 15) is 15.0 Å². The smallest absolute Gasteiger partial charge is 0.189 e. The third kappa shape index (κ3) is 0.905. The summed E-state index contributed by atoms with van der Waals surface area (Å²) in [4.78, 5) is 11.1. The van der Waals surface area contributed by atoms with Crippen molar-refractivity contribution in [3.8, 4) is 0 Å². The third-order valence-corrected chi connectivity index (χ3v) is 2.02. The Morgan fingerprint density at radius 1 is 1.42 bits per heavy atom. The van der Waals surface area contributed by atoms with Crippen LogP contribution in [0.4, 0.5) is 0 Å². The Kier molecular flexibility index (Phi) is 1.41. The predicted molar refractivity (Wildman–Crippen MR) is 42.5 cm³/mol. The van der Waals surface area contributed by atoms with Gasteiger partial charge in [-0.2, -0.15) is 0 Å². The van der Waals surface area contributed by atoms with Crippen LogP contribution in [0.2, 0.25) is 0 Å². The van der Waals surface area contributed by atoms with E-state index in [0.717, 1.165) is 0 Å². The fourth-order valence-corrected chi connectivity index (χ4v) is 1.44. The van der Waals surface area contributed by atoms with E-state index in [-0.39, 0.29) is 11.5 Å². The fraction of sp³-hybridized carbons (Fsp3) is 0.222. The van der Waals surface area contributed by atoms with Gasteiger partial charge in [0.2, 0.25) is 0 Å². The number of hydrogen-bond donors (Lipinski definition) is 2. The highest BCUT2D eigenvalue weighted by Crippen LogP contribution is 2.30. The summed E-state index contributed by atoms with van der Waals surface area (Å²) in [5.41, 5.74) is 0.983. The Morgan fingerprint density at radius 2 is 2.17 bits per heavy atom. The predicted octanol–water partition coefficient (Wildman–Crippen LogP) is 0.628. The maximum absolute atomic E-state index is 11.1. The van der Waals surface area contributed by atoms with Crippen LogP contribution in [0.25, 0.3) is 0 Å². The molecule has 0 aliphatic heterocycles. The average molecular weight is 164 g/mol. The van der Waals surface area contributed by atoms with Gasteiger partial charge in [0.1, 0.15) is 5.76 Å². The van der Waals surface area contributed by atoms with Gasteiger partial charge in [-0.1, -0.05) is 6.08 Å². The minimum atomic E-state index is -0.579. The highest BCUT2D eigenvalue weighted by atomic mass is 16.3. The van der Waals surface area contributed by atoms with Gasteiger partial charge in [-0.25, -0.2) is 0 Å². The first-order chi connectivity index (χ1) is 5.68. The highest BCUT2D eigenvalue weighted by Gasteiger charge is 2.27. The first-order valence-electron chi connectivity index (χ1n) is 3.74. The summed E-state index contributed by atoms with van der Waals surface area (Å²) in [5.74, 6) is -0.212. The number of aliphatic hydroxyl groups excluding tert-OH is 2. The lowest BCUT2D eigenvalue weighted by Gasteiger charge is -2.11. The van der Waals surface area contributed by atoms with E-state index in [1.165, 1.54) is 12.2 Å². The zero-order valence-corrected chi connectivity index (χ0v) is 6.32. The Balaban J connectivity index is 2.47. The first kappa shape index (κ1) is 7.31. The molecular weight excluding hydrogens is 156 g/mol. The molecule has 0 amide bonds. The molecule has 2 rings (SSSR count). The van der Waals surface area contributed by atoms with Crippen molar-refractivity contribution in [1.29, 1.82) is 0 Å². The van der Waals surface area contributed by atoms with Gasteiger partial charge in [0.25, 0.3) is 0 Å². The largest absolute Gasteiger partial charge is 0.507 e. The number of hydrogen-bond acceptors (Lipinski definition) is 3. The van der Waals surface area contributed by atoms with E-state index < -0.39 is 6.10 Å². The van der Waals surface area contributed by atoms with Gasteiger partial charge in [-0.3, -0.25) is 4.79 Å². The Morgan fingerprint density at radius 3 is 2.92 bits per heavy atom. The Hall–Kier alpha value is -1.35. The first-order valence-corrected chi connectivity index (χ1v) is 3.74. The van der Waals surface area contributed by atoms with E-state index in [1.54, 1.807) is 6.08 Å². The molecule has 0 aromatic rings. The van der Waals surface area contributed by atoms with E-state index in [4.69, 9.17) is 0 Å². The summed E-state index contributed by atoms with van der Waals surface area (Å²) in [6.07, 6.45) is 4.21. The second-order valence-corrected chi connectivity index (χ2v) is 2.90. The number of carbonyl (C=O) groups excluding carboxylic acids is 1. The normalized spacial score (nSPS) is 27.6. The number of rotatable bonds is 0. The molecule has 0 spiro atoms. The van der Waals surface area contributed by atoms with Crippen LogP contribution in [-0.2, 0) is 4.79 Å². The standard InChI is InChI=1S/C9H8O3/c10-5-1-2-6-7(3-5)9(12)4-8(6)11/h2-5,10,12H,1H2. The van der Waals surface area contributed by atoms with Crippen molar-refractivity contribution in [2.45, 2.75) is 12.5 Å². The van der Waals surface area contributed by atoms with Crippen molar-refractivity contribution in [2.24, 2.45) is 0 Å². The second-order valence-electron chi connectivity index (χ2n) is 2.90. The van der Waals surface area contributed by atoms with Crippen molar-refractivity contribution in [1.82, 2.24) is 0 Å². The van der Waals surface area contributed by atoms with Gasteiger partial charge in [0.15, 0.2) is 5.78 Å². The molecular formula is C9H8O3. The summed E-state index contributed by atoms with van der Waals surface area (Å²) in [5, 5.41) is 18.4. The molecule has 2 aliphatic carbocycles.